The van der Waals surface area contributed by atoms with Gasteiger partial charge in [0.25, 0.3) is 0 Å². The van der Waals surface area contributed by atoms with E-state index in [4.69, 9.17) is 9.47 Å². The predicted octanol–water partition coefficient (Wildman–Crippen LogP) is 1.34. The van der Waals surface area contributed by atoms with Crippen LogP contribution in [0.1, 0.15) is 53.4 Å². The quantitative estimate of drug-likeness (QED) is 0.684. The fraction of sp³-hybridized carbons (Fsp3) is 0.714. The van der Waals surface area contributed by atoms with Crippen LogP contribution in [-0.4, -0.2) is 34.7 Å². The summed E-state index contributed by atoms with van der Waals surface area (Å²) in [4.78, 5) is 46.1. The van der Waals surface area contributed by atoms with Crippen LogP contribution in [0, 0.1) is 0 Å². The Morgan fingerprint density at radius 1 is 0.850 bits per heavy atom. The monoisotopic (exact) mass is 284 g/mol. The number of hydrogen-bond acceptors (Lipinski definition) is 6. The van der Waals surface area contributed by atoms with E-state index in [0.29, 0.717) is 0 Å². The third kappa shape index (κ3) is 3.65. The molecule has 0 saturated carbocycles. The first-order chi connectivity index (χ1) is 9.09. The molecule has 0 bridgehead atoms. The van der Waals surface area contributed by atoms with Gasteiger partial charge in [-0.25, -0.2) is 9.59 Å². The summed E-state index contributed by atoms with van der Waals surface area (Å²) in [6.07, 6.45) is 0.442. The van der Waals surface area contributed by atoms with Gasteiger partial charge in [-0.1, -0.05) is 0 Å². The molecule has 2 atom stereocenters. The molecule has 1 aliphatic heterocycles. The Bertz CT molecular complexity index is 413. The molecule has 112 valence electrons. The Kier molecular flexibility index (Phi) is 4.68. The topological polar surface area (TPSA) is 86.7 Å². The molecule has 20 heavy (non-hydrogen) atoms. The van der Waals surface area contributed by atoms with Gasteiger partial charge < -0.3 is 19.1 Å². The van der Waals surface area contributed by atoms with Gasteiger partial charge in [-0.3, -0.25) is 0 Å². The number of carbonyl (C=O) groups excluding carboxylic acids is 4. The SMILES string of the molecule is CC(=O)CCC1(C)OC(=O)[C@@](C)(CCC(C)=O)OC1=O. The van der Waals surface area contributed by atoms with Crippen LogP contribution in [0.3, 0.4) is 0 Å². The van der Waals surface area contributed by atoms with Crippen molar-refractivity contribution in [2.75, 3.05) is 0 Å². The lowest BCUT2D eigenvalue weighted by molar-refractivity contribution is -0.224. The van der Waals surface area contributed by atoms with E-state index in [9.17, 15) is 19.2 Å². The highest BCUT2D eigenvalue weighted by Gasteiger charge is 2.53. The van der Waals surface area contributed by atoms with Gasteiger partial charge in [0.05, 0.1) is 0 Å². The van der Waals surface area contributed by atoms with Crippen LogP contribution in [0.2, 0.25) is 0 Å². The van der Waals surface area contributed by atoms with Gasteiger partial charge >= 0.3 is 11.9 Å². The van der Waals surface area contributed by atoms with Gasteiger partial charge in [-0.15, -0.1) is 0 Å². The number of rotatable bonds is 6. The fourth-order valence-corrected chi connectivity index (χ4v) is 1.84. The Morgan fingerprint density at radius 3 is 1.40 bits per heavy atom. The smallest absolute Gasteiger partial charge is 0.351 e. The molecule has 0 amide bonds. The van der Waals surface area contributed by atoms with Crippen LogP contribution >= 0.6 is 0 Å². The van der Waals surface area contributed by atoms with E-state index in [1.807, 2.05) is 0 Å². The number of ether oxygens (including phenoxy) is 2. The van der Waals surface area contributed by atoms with Crippen LogP contribution in [0.4, 0.5) is 0 Å². The van der Waals surface area contributed by atoms with Gasteiger partial charge in [0.15, 0.2) is 0 Å². The Balaban J connectivity index is 2.79. The molecular formula is C14H20O6. The van der Waals surface area contributed by atoms with E-state index in [2.05, 4.69) is 0 Å². The molecule has 6 nitrogen and oxygen atoms in total. The number of cyclic esters (lactones) is 2. The molecule has 0 aromatic heterocycles. The van der Waals surface area contributed by atoms with Crippen LogP contribution in [0.5, 0.6) is 0 Å². The third-order valence-corrected chi connectivity index (χ3v) is 3.41. The second-order valence-corrected chi connectivity index (χ2v) is 5.64. The molecule has 1 aliphatic rings. The highest BCUT2D eigenvalue weighted by molar-refractivity contribution is 5.93. The molecule has 0 aliphatic carbocycles. The van der Waals surface area contributed by atoms with Crippen molar-refractivity contribution in [1.82, 2.24) is 0 Å². The van der Waals surface area contributed by atoms with Gasteiger partial charge in [0, 0.05) is 25.7 Å². The van der Waals surface area contributed by atoms with Gasteiger partial charge in [-0.05, 0) is 27.7 Å². The van der Waals surface area contributed by atoms with E-state index in [1.165, 1.54) is 27.7 Å². The van der Waals surface area contributed by atoms with E-state index >= 15 is 0 Å². The van der Waals surface area contributed by atoms with E-state index in [1.54, 1.807) is 0 Å². The second kappa shape index (κ2) is 5.73. The van der Waals surface area contributed by atoms with Crippen LogP contribution in [0.25, 0.3) is 0 Å². The lowest BCUT2D eigenvalue weighted by Crippen LogP contribution is -2.57. The maximum Gasteiger partial charge on any atom is 0.351 e. The summed E-state index contributed by atoms with van der Waals surface area (Å²) in [6, 6.07) is 0. The van der Waals surface area contributed by atoms with Gasteiger partial charge in [-0.2, -0.15) is 0 Å². The van der Waals surface area contributed by atoms with Crippen LogP contribution < -0.4 is 0 Å². The van der Waals surface area contributed by atoms with Gasteiger partial charge in [0.2, 0.25) is 11.2 Å². The van der Waals surface area contributed by atoms with Crippen LogP contribution in [0.15, 0.2) is 0 Å². The zero-order valence-corrected chi connectivity index (χ0v) is 12.3. The zero-order valence-electron chi connectivity index (χ0n) is 12.3. The molecule has 6 heteroatoms. The number of carbonyl (C=O) groups is 4. The van der Waals surface area contributed by atoms with Crippen molar-refractivity contribution in [1.29, 1.82) is 0 Å². The number of esters is 2. The highest BCUT2D eigenvalue weighted by atomic mass is 16.7. The van der Waals surface area contributed by atoms with E-state index < -0.39 is 23.1 Å². The van der Waals surface area contributed by atoms with E-state index in [0.717, 1.165) is 0 Å². The van der Waals surface area contributed by atoms with Crippen molar-refractivity contribution in [3.05, 3.63) is 0 Å². The van der Waals surface area contributed by atoms with Crippen molar-refractivity contribution < 1.29 is 28.7 Å². The molecule has 1 heterocycles. The summed E-state index contributed by atoms with van der Waals surface area (Å²) >= 11 is 0. The first-order valence-corrected chi connectivity index (χ1v) is 6.55. The Morgan fingerprint density at radius 2 is 1.15 bits per heavy atom. The zero-order chi connectivity index (χ0) is 15.6. The minimum absolute atomic E-state index is 0.0930. The molecule has 0 aromatic rings. The normalized spacial score (nSPS) is 29.6. The third-order valence-electron chi connectivity index (χ3n) is 3.41. The predicted molar refractivity (Wildman–Crippen MR) is 68.8 cm³/mol. The number of hydrogen-bond donors (Lipinski definition) is 0. The standard InChI is InChI=1S/C14H20O6/c1-9(15)5-7-13(3)11(17)20-14(4,12(18)19-13)8-6-10(2)16/h5-8H2,1-4H3/t13-,14?/m1/s1. The van der Waals surface area contributed by atoms with E-state index in [-0.39, 0.29) is 37.2 Å². The summed E-state index contributed by atoms with van der Waals surface area (Å²) < 4.78 is 10.4. The fourth-order valence-electron chi connectivity index (χ4n) is 1.84. The molecular weight excluding hydrogens is 264 g/mol. The summed E-state index contributed by atoms with van der Waals surface area (Å²) in [5, 5.41) is 0. The highest BCUT2D eigenvalue weighted by Crippen LogP contribution is 2.33. The average Bonchev–Trinajstić information content (AvgIpc) is 2.32. The van der Waals surface area contributed by atoms with Crippen molar-refractivity contribution in [3.63, 3.8) is 0 Å². The molecule has 0 N–H and O–H groups in total. The molecule has 1 unspecified atom stereocenters. The van der Waals surface area contributed by atoms with Gasteiger partial charge in [0.1, 0.15) is 11.6 Å². The first-order valence-electron chi connectivity index (χ1n) is 6.55. The Hall–Kier alpha value is -1.72. The maximum absolute atomic E-state index is 12.0. The second-order valence-electron chi connectivity index (χ2n) is 5.64. The van der Waals surface area contributed by atoms with Crippen molar-refractivity contribution >= 4 is 23.5 Å². The van der Waals surface area contributed by atoms with Crippen LogP contribution in [-0.2, 0) is 28.7 Å². The Labute approximate surface area is 117 Å². The molecule has 1 saturated heterocycles. The average molecular weight is 284 g/mol. The summed E-state index contributed by atoms with van der Waals surface area (Å²) in [6.45, 7) is 5.66. The lowest BCUT2D eigenvalue weighted by atomic mass is 9.92. The molecule has 0 aromatic carbocycles. The van der Waals surface area contributed by atoms with Crippen molar-refractivity contribution in [2.45, 2.75) is 64.6 Å². The minimum Gasteiger partial charge on any atom is -0.444 e. The first kappa shape index (κ1) is 16.3. The molecule has 0 spiro atoms. The summed E-state index contributed by atoms with van der Waals surface area (Å²) in [5.41, 5.74) is -2.86. The molecule has 1 rings (SSSR count). The van der Waals surface area contributed by atoms with Crippen molar-refractivity contribution in [2.24, 2.45) is 0 Å². The number of Topliss-reactive ketones (excluding diaryl/α,β-unsaturated/α-hetero) is 2. The molecule has 1 fully saturated rings. The lowest BCUT2D eigenvalue weighted by Gasteiger charge is -2.40. The van der Waals surface area contributed by atoms with Crippen molar-refractivity contribution in [3.8, 4) is 0 Å². The summed E-state index contributed by atoms with van der Waals surface area (Å²) in [5.74, 6) is -1.55. The summed E-state index contributed by atoms with van der Waals surface area (Å²) in [7, 11) is 0. The molecule has 0 radical (unpaired) electrons. The minimum atomic E-state index is -1.43. The largest absolute Gasteiger partial charge is 0.444 e. The maximum atomic E-state index is 12.0. The number of ketones is 2.